The van der Waals surface area contributed by atoms with Crippen molar-refractivity contribution in [3.8, 4) is 0 Å². The van der Waals surface area contributed by atoms with Gasteiger partial charge in [0.1, 0.15) is 0 Å². The minimum Gasteiger partial charge on any atom is -0.313 e. The van der Waals surface area contributed by atoms with Gasteiger partial charge in [-0.15, -0.1) is 0 Å². The van der Waals surface area contributed by atoms with Crippen molar-refractivity contribution in [2.75, 3.05) is 26.2 Å². The van der Waals surface area contributed by atoms with Crippen LogP contribution in [0.3, 0.4) is 0 Å². The molecule has 2 nitrogen and oxygen atoms in total. The highest BCUT2D eigenvalue weighted by Gasteiger charge is 2.24. The van der Waals surface area contributed by atoms with E-state index in [1.165, 1.54) is 58.3 Å². The van der Waals surface area contributed by atoms with Gasteiger partial charge in [-0.3, -0.25) is 0 Å². The fourth-order valence-corrected chi connectivity index (χ4v) is 3.51. The number of piperidine rings is 1. The number of nitrogens with zero attached hydrogens (tertiary/aromatic N) is 1. The second-order valence-corrected chi connectivity index (χ2v) is 6.16. The van der Waals surface area contributed by atoms with E-state index in [0.717, 1.165) is 17.9 Å². The zero-order chi connectivity index (χ0) is 11.4. The predicted octanol–water partition coefficient (Wildman–Crippen LogP) is 2.50. The molecule has 0 aromatic carbocycles. The van der Waals surface area contributed by atoms with E-state index < -0.39 is 0 Å². The van der Waals surface area contributed by atoms with Crippen molar-refractivity contribution in [2.24, 2.45) is 11.8 Å². The van der Waals surface area contributed by atoms with Crippen molar-refractivity contribution in [1.82, 2.24) is 10.2 Å². The summed E-state index contributed by atoms with van der Waals surface area (Å²) in [7, 11) is 0. The minimum absolute atomic E-state index is 0.764. The fourth-order valence-electron chi connectivity index (χ4n) is 3.51. The molecule has 0 aromatic heterocycles. The van der Waals surface area contributed by atoms with E-state index in [-0.39, 0.29) is 0 Å². The van der Waals surface area contributed by atoms with Crippen LogP contribution in [0.25, 0.3) is 0 Å². The zero-order valence-electron chi connectivity index (χ0n) is 11.0. The van der Waals surface area contributed by atoms with Crippen LogP contribution in [-0.4, -0.2) is 37.1 Å². The summed E-state index contributed by atoms with van der Waals surface area (Å²) in [6.45, 7) is 9.98. The monoisotopic (exact) mass is 224 g/mol. The normalized spacial score (nSPS) is 38.2. The Balaban J connectivity index is 1.78. The molecular weight excluding hydrogens is 196 g/mol. The van der Waals surface area contributed by atoms with Gasteiger partial charge in [0, 0.05) is 25.7 Å². The lowest BCUT2D eigenvalue weighted by molar-refractivity contribution is 0.127. The zero-order valence-corrected chi connectivity index (χ0v) is 11.0. The molecule has 0 radical (unpaired) electrons. The molecule has 2 aliphatic heterocycles. The second-order valence-electron chi connectivity index (χ2n) is 6.16. The third kappa shape index (κ3) is 3.74. The maximum absolute atomic E-state index is 3.72. The molecule has 3 unspecified atom stereocenters. The van der Waals surface area contributed by atoms with Crippen LogP contribution in [0.15, 0.2) is 0 Å². The molecule has 0 saturated carbocycles. The molecule has 2 fully saturated rings. The molecule has 0 aliphatic carbocycles. The maximum Gasteiger partial charge on any atom is 0.0195 e. The largest absolute Gasteiger partial charge is 0.313 e. The summed E-state index contributed by atoms with van der Waals surface area (Å²) in [6, 6.07) is 0.764. The first kappa shape index (κ1) is 12.4. The van der Waals surface area contributed by atoms with Crippen molar-refractivity contribution >= 4 is 0 Å². The van der Waals surface area contributed by atoms with Gasteiger partial charge >= 0.3 is 0 Å². The Kier molecular flexibility index (Phi) is 4.66. The highest BCUT2D eigenvalue weighted by Crippen LogP contribution is 2.21. The number of hydrogen-bond acceptors (Lipinski definition) is 2. The number of nitrogens with one attached hydrogen (secondary N) is 1. The van der Waals surface area contributed by atoms with Crippen molar-refractivity contribution in [3.05, 3.63) is 0 Å². The average Bonchev–Trinajstić information content (AvgIpc) is 2.44. The van der Waals surface area contributed by atoms with Gasteiger partial charge in [-0.25, -0.2) is 0 Å². The molecule has 94 valence electrons. The molecule has 2 rings (SSSR count). The van der Waals surface area contributed by atoms with E-state index >= 15 is 0 Å². The Morgan fingerprint density at radius 1 is 1.06 bits per heavy atom. The van der Waals surface area contributed by atoms with E-state index in [9.17, 15) is 0 Å². The lowest BCUT2D eigenvalue weighted by Gasteiger charge is -2.37. The van der Waals surface area contributed by atoms with Crippen molar-refractivity contribution in [2.45, 2.75) is 52.0 Å². The van der Waals surface area contributed by atoms with E-state index in [0.29, 0.717) is 0 Å². The van der Waals surface area contributed by atoms with Crippen LogP contribution >= 0.6 is 0 Å². The standard InChI is InChI=1S/C14H28N2/c1-12-8-13(2)10-16(9-12)11-14-6-4-3-5-7-15-14/h12-15H,3-11H2,1-2H3. The van der Waals surface area contributed by atoms with Crippen LogP contribution in [0, 0.1) is 11.8 Å². The smallest absolute Gasteiger partial charge is 0.0195 e. The molecule has 16 heavy (non-hydrogen) atoms. The average molecular weight is 224 g/mol. The first-order valence-electron chi connectivity index (χ1n) is 7.20. The summed E-state index contributed by atoms with van der Waals surface area (Å²) in [5.41, 5.74) is 0. The van der Waals surface area contributed by atoms with Crippen LogP contribution < -0.4 is 5.32 Å². The maximum atomic E-state index is 3.72. The minimum atomic E-state index is 0.764. The second kappa shape index (κ2) is 6.02. The van der Waals surface area contributed by atoms with Gasteiger partial charge < -0.3 is 10.2 Å². The third-order valence-corrected chi connectivity index (χ3v) is 4.09. The van der Waals surface area contributed by atoms with Gasteiger partial charge in [0.15, 0.2) is 0 Å². The van der Waals surface area contributed by atoms with Gasteiger partial charge in [-0.2, -0.15) is 0 Å². The quantitative estimate of drug-likeness (QED) is 0.775. The highest BCUT2D eigenvalue weighted by atomic mass is 15.2. The first-order valence-corrected chi connectivity index (χ1v) is 7.20. The summed E-state index contributed by atoms with van der Waals surface area (Å²) in [6.07, 6.45) is 7.05. The summed E-state index contributed by atoms with van der Waals surface area (Å²) in [4.78, 5) is 2.70. The predicted molar refractivity (Wildman–Crippen MR) is 69.6 cm³/mol. The lowest BCUT2D eigenvalue weighted by atomic mass is 9.91. The molecule has 0 bridgehead atoms. The van der Waals surface area contributed by atoms with Gasteiger partial charge in [0.05, 0.1) is 0 Å². The van der Waals surface area contributed by atoms with Gasteiger partial charge in [-0.05, 0) is 37.6 Å². The summed E-state index contributed by atoms with van der Waals surface area (Å²) < 4.78 is 0. The summed E-state index contributed by atoms with van der Waals surface area (Å²) >= 11 is 0. The number of hydrogen-bond donors (Lipinski definition) is 1. The van der Waals surface area contributed by atoms with Crippen LogP contribution in [-0.2, 0) is 0 Å². The summed E-state index contributed by atoms with van der Waals surface area (Å²) in [5, 5.41) is 3.72. The molecule has 3 atom stereocenters. The Morgan fingerprint density at radius 3 is 2.56 bits per heavy atom. The molecule has 2 aliphatic rings. The summed E-state index contributed by atoms with van der Waals surface area (Å²) in [5.74, 6) is 1.80. The van der Waals surface area contributed by atoms with Crippen molar-refractivity contribution < 1.29 is 0 Å². The van der Waals surface area contributed by atoms with Crippen LogP contribution in [0.4, 0.5) is 0 Å². The first-order chi connectivity index (χ1) is 7.74. The van der Waals surface area contributed by atoms with Crippen molar-refractivity contribution in [3.63, 3.8) is 0 Å². The van der Waals surface area contributed by atoms with Gasteiger partial charge in [-0.1, -0.05) is 26.7 Å². The highest BCUT2D eigenvalue weighted by molar-refractivity contribution is 4.80. The van der Waals surface area contributed by atoms with Crippen molar-refractivity contribution in [1.29, 1.82) is 0 Å². The van der Waals surface area contributed by atoms with E-state index in [2.05, 4.69) is 24.1 Å². The molecule has 2 saturated heterocycles. The fraction of sp³-hybridized carbons (Fsp3) is 1.00. The lowest BCUT2D eigenvalue weighted by Crippen LogP contribution is -2.46. The molecule has 2 heterocycles. The van der Waals surface area contributed by atoms with E-state index in [1.54, 1.807) is 0 Å². The topological polar surface area (TPSA) is 15.3 Å². The molecule has 1 N–H and O–H groups in total. The molecular formula is C14H28N2. The third-order valence-electron chi connectivity index (χ3n) is 4.09. The van der Waals surface area contributed by atoms with Crippen LogP contribution in [0.2, 0.25) is 0 Å². The van der Waals surface area contributed by atoms with Gasteiger partial charge in [0.2, 0.25) is 0 Å². The van der Waals surface area contributed by atoms with Crippen LogP contribution in [0.1, 0.15) is 46.0 Å². The molecule has 2 heteroatoms. The molecule has 0 spiro atoms. The van der Waals surface area contributed by atoms with E-state index in [4.69, 9.17) is 0 Å². The number of likely N-dealkylation sites (tertiary alicyclic amines) is 1. The Labute approximate surface area is 101 Å². The Hall–Kier alpha value is -0.0800. The van der Waals surface area contributed by atoms with Gasteiger partial charge in [0.25, 0.3) is 0 Å². The van der Waals surface area contributed by atoms with Crippen LogP contribution in [0.5, 0.6) is 0 Å². The SMILES string of the molecule is CC1CC(C)CN(CC2CCCCCN2)C1. The molecule has 0 aromatic rings. The molecule has 0 amide bonds. The Morgan fingerprint density at radius 2 is 1.81 bits per heavy atom. The Bertz CT molecular complexity index is 187. The number of rotatable bonds is 2. The van der Waals surface area contributed by atoms with E-state index in [1.807, 2.05) is 0 Å².